The van der Waals surface area contributed by atoms with Gasteiger partial charge in [-0.25, -0.2) is 0 Å². The lowest BCUT2D eigenvalue weighted by Crippen LogP contribution is -2.10. The van der Waals surface area contributed by atoms with Crippen LogP contribution in [-0.4, -0.2) is 0 Å². The Balaban J connectivity index is 1.48. The van der Waals surface area contributed by atoms with Crippen molar-refractivity contribution < 1.29 is 16.4 Å². The summed E-state index contributed by atoms with van der Waals surface area (Å²) in [7, 11) is 0. The minimum atomic E-state index is -0.718. The molecule has 0 heterocycles. The highest BCUT2D eigenvalue weighted by molar-refractivity contribution is 5.97. The molecule has 1 nitrogen and oxygen atoms in total. The van der Waals surface area contributed by atoms with Crippen molar-refractivity contribution in [1.29, 1.82) is 0 Å². The van der Waals surface area contributed by atoms with Gasteiger partial charge in [0.15, 0.2) is 0 Å². The predicted octanol–water partition coefficient (Wildman–Crippen LogP) is 13.0. The molecule has 0 aliphatic carbocycles. The van der Waals surface area contributed by atoms with Crippen LogP contribution in [-0.2, 0) is 0 Å². The summed E-state index contributed by atoms with van der Waals surface area (Å²) in [4.78, 5) is 0.886. The van der Waals surface area contributed by atoms with Crippen LogP contribution in [0.25, 0.3) is 55.3 Å². The van der Waals surface area contributed by atoms with Crippen LogP contribution in [0.2, 0.25) is 0 Å². The summed E-state index contributed by atoms with van der Waals surface area (Å²) in [5.74, 6) is 0. The third-order valence-corrected chi connectivity index (χ3v) is 7.89. The molecule has 8 aromatic carbocycles. The summed E-state index contributed by atoms with van der Waals surface area (Å²) >= 11 is 0. The Hall–Kier alpha value is -6.18. The molecule has 0 bridgehead atoms. The summed E-state index contributed by atoms with van der Waals surface area (Å²) in [6.07, 6.45) is 0. The molecule has 222 valence electrons. The molecular weight excluding hydrogens is 567 g/mol. The van der Waals surface area contributed by atoms with Gasteiger partial charge in [0.1, 0.15) is 0 Å². The Bertz CT molecular complexity index is 2910. The molecule has 0 atom stereocenters. The minimum absolute atomic E-state index is 0.0335. The Labute approximate surface area is 293 Å². The van der Waals surface area contributed by atoms with Crippen LogP contribution in [0, 0.1) is 0 Å². The fraction of sp³-hybridized carbons (Fsp3) is 0. The minimum Gasteiger partial charge on any atom is -0.310 e. The van der Waals surface area contributed by atoms with Crippen molar-refractivity contribution in [2.24, 2.45) is 0 Å². The van der Waals surface area contributed by atoms with Gasteiger partial charge in [-0.05, 0) is 97.6 Å². The number of fused-ring (bicyclic) bond motifs is 1. The van der Waals surface area contributed by atoms with Crippen molar-refractivity contribution in [1.82, 2.24) is 0 Å². The third-order valence-electron chi connectivity index (χ3n) is 7.89. The zero-order valence-corrected chi connectivity index (χ0v) is 25.1. The van der Waals surface area contributed by atoms with E-state index in [1.54, 1.807) is 72.8 Å². The SMILES string of the molecule is [2H]c1c([2H])c(-c2cccc3ccccc23)c([2H])c(N(c2c([2H])c([2H])c(-c3ccccc3)c([2H])c2[2H])c2c([2H])c([2H])c(-c3cccc(-c4ccccc4)c3)c([2H])c2[2H])c1[2H]. The Morgan fingerprint density at radius 1 is 0.362 bits per heavy atom. The molecule has 0 saturated carbocycles. The van der Waals surface area contributed by atoms with Crippen LogP contribution in [0.1, 0.15) is 16.4 Å². The van der Waals surface area contributed by atoms with Gasteiger partial charge in [0.2, 0.25) is 0 Å². The Kier molecular flexibility index (Phi) is 4.88. The van der Waals surface area contributed by atoms with Gasteiger partial charge in [0, 0.05) is 17.1 Å². The molecule has 47 heavy (non-hydrogen) atoms. The van der Waals surface area contributed by atoms with E-state index in [-0.39, 0.29) is 16.7 Å². The summed E-state index contributed by atoms with van der Waals surface area (Å²) in [5.41, 5.74) is 1.00. The van der Waals surface area contributed by atoms with Crippen molar-refractivity contribution in [3.8, 4) is 44.5 Å². The molecule has 0 aromatic heterocycles. The second kappa shape index (κ2) is 12.7. The van der Waals surface area contributed by atoms with Crippen molar-refractivity contribution in [3.05, 3.63) is 200 Å². The second-order valence-electron chi connectivity index (χ2n) is 10.8. The fourth-order valence-corrected chi connectivity index (χ4v) is 5.57. The van der Waals surface area contributed by atoms with E-state index < -0.39 is 89.6 Å². The zero-order valence-electron chi connectivity index (χ0n) is 37.1. The smallest absolute Gasteiger partial charge is 0.0651 e. The van der Waals surface area contributed by atoms with Crippen molar-refractivity contribution >= 4 is 27.8 Å². The highest BCUT2D eigenvalue weighted by atomic mass is 15.1. The molecule has 0 saturated heterocycles. The molecule has 1 heteroatoms. The quantitative estimate of drug-likeness (QED) is 0.173. The molecule has 0 radical (unpaired) electrons. The van der Waals surface area contributed by atoms with Crippen LogP contribution in [0.5, 0.6) is 0 Å². The van der Waals surface area contributed by atoms with Crippen LogP contribution in [0.4, 0.5) is 17.1 Å². The molecular formula is C46H33N. The first-order valence-electron chi connectivity index (χ1n) is 21.1. The number of hydrogen-bond donors (Lipinski definition) is 0. The normalized spacial score (nSPS) is 14.6. The maximum atomic E-state index is 9.72. The molecule has 0 unspecified atom stereocenters. The van der Waals surface area contributed by atoms with E-state index in [2.05, 4.69) is 0 Å². The lowest BCUT2D eigenvalue weighted by Gasteiger charge is -2.26. The van der Waals surface area contributed by atoms with Gasteiger partial charge >= 0.3 is 0 Å². The molecule has 0 spiro atoms. The van der Waals surface area contributed by atoms with E-state index in [1.807, 2.05) is 54.6 Å². The maximum Gasteiger partial charge on any atom is 0.0651 e. The molecule has 0 fully saturated rings. The fourth-order valence-electron chi connectivity index (χ4n) is 5.57. The van der Waals surface area contributed by atoms with Crippen molar-refractivity contribution in [2.75, 3.05) is 4.90 Å². The van der Waals surface area contributed by atoms with Gasteiger partial charge in [0.25, 0.3) is 0 Å². The summed E-state index contributed by atoms with van der Waals surface area (Å²) in [6.45, 7) is 0. The second-order valence-corrected chi connectivity index (χ2v) is 10.8. The highest BCUT2D eigenvalue weighted by Crippen LogP contribution is 2.39. The molecule has 8 rings (SSSR count). The van der Waals surface area contributed by atoms with E-state index in [9.17, 15) is 11.0 Å². The van der Waals surface area contributed by atoms with Gasteiger partial charge in [-0.2, -0.15) is 0 Å². The summed E-state index contributed by atoms with van der Waals surface area (Å²) in [5, 5.41) is 1.40. The van der Waals surface area contributed by atoms with Gasteiger partial charge in [-0.1, -0.05) is 158 Å². The highest BCUT2D eigenvalue weighted by Gasteiger charge is 2.15. The number of rotatable bonds is 7. The van der Waals surface area contributed by atoms with E-state index in [0.29, 0.717) is 22.1 Å². The Morgan fingerprint density at radius 3 is 1.55 bits per heavy atom. The van der Waals surface area contributed by atoms with Crippen LogP contribution in [0.15, 0.2) is 200 Å². The van der Waals surface area contributed by atoms with Gasteiger partial charge in [-0.3, -0.25) is 0 Å². The number of hydrogen-bond acceptors (Lipinski definition) is 1. The average molecular weight is 612 g/mol. The summed E-state index contributed by atoms with van der Waals surface area (Å²) < 4.78 is 112. The molecule has 0 amide bonds. The molecule has 0 aliphatic heterocycles. The molecule has 8 aromatic rings. The third kappa shape index (κ3) is 5.83. The van der Waals surface area contributed by atoms with Gasteiger partial charge < -0.3 is 4.90 Å². The topological polar surface area (TPSA) is 3.24 Å². The van der Waals surface area contributed by atoms with Crippen LogP contribution < -0.4 is 4.90 Å². The lowest BCUT2D eigenvalue weighted by molar-refractivity contribution is 1.28. The average Bonchev–Trinajstić information content (AvgIpc) is 3.25. The monoisotopic (exact) mass is 611 g/mol. The largest absolute Gasteiger partial charge is 0.310 e. The lowest BCUT2D eigenvalue weighted by atomic mass is 9.97. The van der Waals surface area contributed by atoms with Crippen LogP contribution >= 0.6 is 0 Å². The van der Waals surface area contributed by atoms with E-state index in [0.717, 1.165) is 21.4 Å². The predicted molar refractivity (Wildman–Crippen MR) is 200 cm³/mol. The number of nitrogens with zero attached hydrogens (tertiary/aromatic N) is 1. The van der Waals surface area contributed by atoms with Gasteiger partial charge in [-0.15, -0.1) is 0 Å². The van der Waals surface area contributed by atoms with Crippen molar-refractivity contribution in [3.63, 3.8) is 0 Å². The number of anilines is 3. The van der Waals surface area contributed by atoms with Gasteiger partial charge in [0.05, 0.1) is 16.4 Å². The maximum absolute atomic E-state index is 9.72. The molecule has 0 aliphatic rings. The first-order valence-corrected chi connectivity index (χ1v) is 15.1. The van der Waals surface area contributed by atoms with Crippen LogP contribution in [0.3, 0.4) is 0 Å². The molecule has 0 N–H and O–H groups in total. The van der Waals surface area contributed by atoms with Crippen molar-refractivity contribution in [2.45, 2.75) is 0 Å². The first kappa shape index (κ1) is 18.1. The van der Waals surface area contributed by atoms with E-state index in [1.165, 1.54) is 0 Å². The standard InChI is InChI=1S/C46H33N/c1-3-12-34(13-4-1)36-24-28-42(29-25-36)47(44-21-10-20-41(33-44)46-23-11-17-38-16-7-8-22-45(38)46)43-30-26-37(27-31-43)40-19-9-18-39(32-40)35-14-5-2-6-15-35/h1-33H/i10D,20D,21D,24D,25D,26D,27D,28D,29D,30D,31D,33D. The number of benzene rings is 8. The summed E-state index contributed by atoms with van der Waals surface area (Å²) in [6, 6.07) is 30.5. The van der Waals surface area contributed by atoms with E-state index >= 15 is 0 Å². The van der Waals surface area contributed by atoms with E-state index in [4.69, 9.17) is 5.48 Å². The zero-order chi connectivity index (χ0) is 41.9. The first-order chi connectivity index (χ1) is 28.3. The Morgan fingerprint density at radius 2 is 0.872 bits per heavy atom.